The second-order valence-electron chi connectivity index (χ2n) is 6.79. The van der Waals surface area contributed by atoms with Crippen LogP contribution in [0.15, 0.2) is 36.4 Å². The standard InChI is InChI=1S/C24H24N2O6/c1-29-21-9-5-15(11-23(21)31-3)17(13-25)19(27)7-8-20(28)18(14-26)16-6-10-22(30-2)24(12-16)32-4/h5-6,9-12,17-18H,7-8H2,1-4H3/t17-,18-/m1/s1. The first-order chi connectivity index (χ1) is 15.4. The molecule has 0 unspecified atom stereocenters. The maximum absolute atomic E-state index is 12.7. The van der Waals surface area contributed by atoms with Crippen molar-refractivity contribution in [3.8, 4) is 35.1 Å². The molecule has 0 aliphatic heterocycles. The third kappa shape index (κ3) is 5.35. The lowest BCUT2D eigenvalue weighted by Crippen LogP contribution is -2.16. The molecule has 2 aromatic rings. The van der Waals surface area contributed by atoms with E-state index in [0.29, 0.717) is 34.1 Å². The van der Waals surface area contributed by atoms with E-state index in [1.807, 2.05) is 12.1 Å². The highest BCUT2D eigenvalue weighted by molar-refractivity contribution is 5.95. The first-order valence-corrected chi connectivity index (χ1v) is 9.72. The van der Waals surface area contributed by atoms with Crippen molar-refractivity contribution < 1.29 is 28.5 Å². The summed E-state index contributed by atoms with van der Waals surface area (Å²) in [5.74, 6) is -1.23. The summed E-state index contributed by atoms with van der Waals surface area (Å²) in [5, 5.41) is 19.1. The first kappa shape index (κ1) is 24.2. The van der Waals surface area contributed by atoms with Gasteiger partial charge in [-0.25, -0.2) is 0 Å². The maximum Gasteiger partial charge on any atom is 0.161 e. The van der Waals surface area contributed by atoms with Crippen LogP contribution < -0.4 is 18.9 Å². The molecule has 2 atom stereocenters. The van der Waals surface area contributed by atoms with Gasteiger partial charge in [0.05, 0.1) is 40.6 Å². The van der Waals surface area contributed by atoms with Crippen LogP contribution in [-0.4, -0.2) is 40.0 Å². The van der Waals surface area contributed by atoms with E-state index in [-0.39, 0.29) is 12.8 Å². The van der Waals surface area contributed by atoms with Crippen molar-refractivity contribution in [2.45, 2.75) is 24.7 Å². The van der Waals surface area contributed by atoms with Crippen molar-refractivity contribution in [3.63, 3.8) is 0 Å². The predicted octanol–water partition coefficient (Wildman–Crippen LogP) is 3.55. The van der Waals surface area contributed by atoms with Crippen LogP contribution in [0.25, 0.3) is 0 Å². The molecule has 0 saturated carbocycles. The van der Waals surface area contributed by atoms with Gasteiger partial charge in [-0.2, -0.15) is 10.5 Å². The molecule has 0 N–H and O–H groups in total. The van der Waals surface area contributed by atoms with Crippen molar-refractivity contribution in [1.29, 1.82) is 10.5 Å². The molecule has 0 fully saturated rings. The number of ether oxygens (including phenoxy) is 4. The SMILES string of the molecule is COc1ccc([C@@H](C#N)C(=O)CCC(=O)[C@H](C#N)c2ccc(OC)c(OC)c2)cc1OC. The van der Waals surface area contributed by atoms with Gasteiger partial charge in [0.15, 0.2) is 34.6 Å². The fourth-order valence-corrected chi connectivity index (χ4v) is 3.26. The summed E-state index contributed by atoms with van der Waals surface area (Å²) >= 11 is 0. The van der Waals surface area contributed by atoms with Gasteiger partial charge < -0.3 is 18.9 Å². The molecule has 166 valence electrons. The fourth-order valence-electron chi connectivity index (χ4n) is 3.26. The Bertz CT molecular complexity index is 982. The second-order valence-corrected chi connectivity index (χ2v) is 6.79. The van der Waals surface area contributed by atoms with Gasteiger partial charge in [0, 0.05) is 12.8 Å². The number of benzene rings is 2. The molecule has 32 heavy (non-hydrogen) atoms. The summed E-state index contributed by atoms with van der Waals surface area (Å²) < 4.78 is 20.8. The minimum atomic E-state index is -1.07. The van der Waals surface area contributed by atoms with Crippen LogP contribution in [0.3, 0.4) is 0 Å². The molecule has 0 aliphatic carbocycles. The van der Waals surface area contributed by atoms with E-state index in [2.05, 4.69) is 0 Å². The summed E-state index contributed by atoms with van der Waals surface area (Å²) in [5.41, 5.74) is 0.888. The van der Waals surface area contributed by atoms with Crippen molar-refractivity contribution in [3.05, 3.63) is 47.5 Å². The highest BCUT2D eigenvalue weighted by atomic mass is 16.5. The smallest absolute Gasteiger partial charge is 0.161 e. The Morgan fingerprint density at radius 3 is 1.31 bits per heavy atom. The van der Waals surface area contributed by atoms with Crippen molar-refractivity contribution in [2.24, 2.45) is 0 Å². The zero-order valence-corrected chi connectivity index (χ0v) is 18.4. The largest absolute Gasteiger partial charge is 0.493 e. The molecule has 8 heteroatoms. The van der Waals surface area contributed by atoms with Gasteiger partial charge in [-0.15, -0.1) is 0 Å². The number of Topliss-reactive ketones (excluding diaryl/α,β-unsaturated/α-hetero) is 2. The molecule has 2 aromatic carbocycles. The molecule has 0 bridgehead atoms. The molecule has 0 radical (unpaired) electrons. The van der Waals surface area contributed by atoms with Crippen molar-refractivity contribution in [2.75, 3.05) is 28.4 Å². The van der Waals surface area contributed by atoms with E-state index >= 15 is 0 Å². The molecule has 8 nitrogen and oxygen atoms in total. The Balaban J connectivity index is 2.14. The lowest BCUT2D eigenvalue weighted by molar-refractivity contribution is -0.124. The first-order valence-electron chi connectivity index (χ1n) is 9.72. The molecular weight excluding hydrogens is 412 g/mol. The Kier molecular flexibility index (Phi) is 8.62. The number of nitriles is 2. The van der Waals surface area contributed by atoms with Crippen LogP contribution >= 0.6 is 0 Å². The summed E-state index contributed by atoms with van der Waals surface area (Å²) in [6.07, 6.45) is -0.340. The maximum atomic E-state index is 12.7. The third-order valence-corrected chi connectivity index (χ3v) is 5.00. The lowest BCUT2D eigenvalue weighted by Gasteiger charge is -2.14. The van der Waals surface area contributed by atoms with Crippen LogP contribution in [0.1, 0.15) is 35.8 Å². The average molecular weight is 436 g/mol. The molecule has 2 rings (SSSR count). The number of carbonyl (C=O) groups is 2. The molecular formula is C24H24N2O6. The highest BCUT2D eigenvalue weighted by Crippen LogP contribution is 2.33. The van der Waals surface area contributed by atoms with Gasteiger partial charge in [-0.1, -0.05) is 12.1 Å². The van der Waals surface area contributed by atoms with Gasteiger partial charge in [-0.3, -0.25) is 9.59 Å². The summed E-state index contributed by atoms with van der Waals surface area (Å²) in [6, 6.07) is 13.5. The van der Waals surface area contributed by atoms with Gasteiger partial charge >= 0.3 is 0 Å². The van der Waals surface area contributed by atoms with Gasteiger partial charge in [-0.05, 0) is 35.4 Å². The summed E-state index contributed by atoms with van der Waals surface area (Å²) in [4.78, 5) is 25.4. The van der Waals surface area contributed by atoms with E-state index in [4.69, 9.17) is 18.9 Å². The van der Waals surface area contributed by atoms with Gasteiger partial charge in [0.2, 0.25) is 0 Å². The van der Waals surface area contributed by atoms with Crippen LogP contribution in [-0.2, 0) is 9.59 Å². The third-order valence-electron chi connectivity index (χ3n) is 5.00. The predicted molar refractivity (Wildman–Crippen MR) is 115 cm³/mol. The molecule has 0 aliphatic rings. The van der Waals surface area contributed by atoms with E-state index in [0.717, 1.165) is 0 Å². The number of nitrogens with zero attached hydrogens (tertiary/aromatic N) is 2. The topological polar surface area (TPSA) is 119 Å². The van der Waals surface area contributed by atoms with Gasteiger partial charge in [0.1, 0.15) is 11.8 Å². The number of hydrogen-bond acceptors (Lipinski definition) is 8. The number of ketones is 2. The molecule has 0 amide bonds. The minimum Gasteiger partial charge on any atom is -0.493 e. The zero-order chi connectivity index (χ0) is 23.7. The van der Waals surface area contributed by atoms with Crippen LogP contribution in [0.5, 0.6) is 23.0 Å². The quantitative estimate of drug-likeness (QED) is 0.525. The number of hydrogen-bond donors (Lipinski definition) is 0. The second kappa shape index (κ2) is 11.4. The Morgan fingerprint density at radius 2 is 1.03 bits per heavy atom. The Hall–Kier alpha value is -4.04. The monoisotopic (exact) mass is 436 g/mol. The Morgan fingerprint density at radius 1 is 0.688 bits per heavy atom. The number of carbonyl (C=O) groups excluding carboxylic acids is 2. The molecule has 0 spiro atoms. The van der Waals surface area contributed by atoms with E-state index in [1.165, 1.54) is 28.4 Å². The van der Waals surface area contributed by atoms with E-state index in [1.54, 1.807) is 36.4 Å². The molecule has 0 aromatic heterocycles. The zero-order valence-electron chi connectivity index (χ0n) is 18.4. The normalized spacial score (nSPS) is 11.9. The van der Waals surface area contributed by atoms with Crippen LogP contribution in [0, 0.1) is 22.7 Å². The van der Waals surface area contributed by atoms with Gasteiger partial charge in [0.25, 0.3) is 0 Å². The van der Waals surface area contributed by atoms with Crippen LogP contribution in [0.2, 0.25) is 0 Å². The summed E-state index contributed by atoms with van der Waals surface area (Å²) in [7, 11) is 5.89. The lowest BCUT2D eigenvalue weighted by atomic mass is 9.89. The van der Waals surface area contributed by atoms with E-state index < -0.39 is 23.4 Å². The average Bonchev–Trinajstić information content (AvgIpc) is 2.83. The Labute approximate surface area is 186 Å². The van der Waals surface area contributed by atoms with Crippen LogP contribution in [0.4, 0.5) is 0 Å². The van der Waals surface area contributed by atoms with E-state index in [9.17, 15) is 20.1 Å². The van der Waals surface area contributed by atoms with Crippen molar-refractivity contribution >= 4 is 11.6 Å². The fraction of sp³-hybridized carbons (Fsp3) is 0.333. The minimum absolute atomic E-state index is 0.170. The highest BCUT2D eigenvalue weighted by Gasteiger charge is 2.26. The molecule has 0 saturated heterocycles. The molecule has 0 heterocycles. The number of methoxy groups -OCH3 is 4. The summed E-state index contributed by atoms with van der Waals surface area (Å²) in [6.45, 7) is 0. The van der Waals surface area contributed by atoms with Crippen molar-refractivity contribution in [1.82, 2.24) is 0 Å². The number of rotatable bonds is 11.